The van der Waals surface area contributed by atoms with Crippen LogP contribution in [0.1, 0.15) is 25.3 Å². The van der Waals surface area contributed by atoms with Crippen LogP contribution in [0.2, 0.25) is 0 Å². The molecule has 1 aromatic carbocycles. The van der Waals surface area contributed by atoms with Gasteiger partial charge in [0.05, 0.1) is 5.69 Å². The minimum absolute atomic E-state index is 0.0781. The smallest absolute Gasteiger partial charge is 0.262 e. The molecular weight excluding hydrogens is 178 g/mol. The Morgan fingerprint density at radius 2 is 2.21 bits per heavy atom. The van der Waals surface area contributed by atoms with Gasteiger partial charge in [0.2, 0.25) is 0 Å². The molecule has 0 aromatic heterocycles. The molecule has 0 radical (unpaired) electrons. The fourth-order valence-electron chi connectivity index (χ4n) is 1.60. The van der Waals surface area contributed by atoms with Gasteiger partial charge in [-0.3, -0.25) is 4.79 Å². The van der Waals surface area contributed by atoms with Crippen molar-refractivity contribution in [2.75, 3.05) is 11.9 Å². The third-order valence-corrected chi connectivity index (χ3v) is 2.30. The van der Waals surface area contributed by atoms with Crippen molar-refractivity contribution >= 4 is 11.6 Å². The van der Waals surface area contributed by atoms with Gasteiger partial charge in [-0.1, -0.05) is 26.0 Å². The molecule has 0 unspecified atom stereocenters. The molecule has 0 aliphatic carbocycles. The van der Waals surface area contributed by atoms with Crippen molar-refractivity contribution in [3.63, 3.8) is 0 Å². The normalized spacial score (nSPS) is 14.6. The Kier molecular flexibility index (Phi) is 2.15. The molecule has 1 aliphatic rings. The monoisotopic (exact) mass is 191 g/mol. The van der Waals surface area contributed by atoms with Crippen molar-refractivity contribution in [2.45, 2.75) is 19.8 Å². The van der Waals surface area contributed by atoms with E-state index in [0.717, 1.165) is 17.0 Å². The molecule has 74 valence electrons. The van der Waals surface area contributed by atoms with Gasteiger partial charge in [-0.15, -0.1) is 0 Å². The number of carbonyl (C=O) groups is 1. The first-order valence-corrected chi connectivity index (χ1v) is 4.74. The van der Waals surface area contributed by atoms with Crippen LogP contribution in [0, 0.1) is 0 Å². The van der Waals surface area contributed by atoms with Crippen LogP contribution in [-0.2, 0) is 4.79 Å². The minimum Gasteiger partial charge on any atom is -0.482 e. The average Bonchev–Trinajstić information content (AvgIpc) is 2.16. The minimum atomic E-state index is -0.0781. The molecule has 0 saturated heterocycles. The zero-order valence-corrected chi connectivity index (χ0v) is 8.33. The third kappa shape index (κ3) is 1.45. The highest BCUT2D eigenvalue weighted by atomic mass is 16.5. The number of para-hydroxylation sites is 1. The van der Waals surface area contributed by atoms with Gasteiger partial charge in [-0.25, -0.2) is 0 Å². The molecule has 0 bridgehead atoms. The lowest BCUT2D eigenvalue weighted by Crippen LogP contribution is -2.26. The van der Waals surface area contributed by atoms with Gasteiger partial charge in [0.15, 0.2) is 6.61 Å². The molecule has 1 amide bonds. The summed E-state index contributed by atoms with van der Waals surface area (Å²) in [5, 5.41) is 2.85. The maximum Gasteiger partial charge on any atom is 0.262 e. The summed E-state index contributed by atoms with van der Waals surface area (Å²) >= 11 is 0. The second kappa shape index (κ2) is 3.33. The highest BCUT2D eigenvalue weighted by Crippen LogP contribution is 2.34. The van der Waals surface area contributed by atoms with E-state index in [1.54, 1.807) is 0 Å². The van der Waals surface area contributed by atoms with Gasteiger partial charge in [-0.05, 0) is 17.5 Å². The highest BCUT2D eigenvalue weighted by Gasteiger charge is 2.19. The number of rotatable bonds is 1. The molecule has 1 N–H and O–H groups in total. The molecule has 1 aliphatic heterocycles. The molecule has 0 saturated carbocycles. The highest BCUT2D eigenvalue weighted by molar-refractivity contribution is 5.96. The molecule has 14 heavy (non-hydrogen) atoms. The van der Waals surface area contributed by atoms with Crippen LogP contribution in [0.3, 0.4) is 0 Å². The predicted molar refractivity (Wildman–Crippen MR) is 54.7 cm³/mol. The maximum atomic E-state index is 11.2. The first kappa shape index (κ1) is 9.06. The number of nitrogens with one attached hydrogen (secondary N) is 1. The van der Waals surface area contributed by atoms with Crippen LogP contribution in [0.4, 0.5) is 5.69 Å². The second-order valence-corrected chi connectivity index (χ2v) is 3.71. The zero-order valence-electron chi connectivity index (χ0n) is 8.33. The van der Waals surface area contributed by atoms with Crippen LogP contribution < -0.4 is 10.1 Å². The third-order valence-electron chi connectivity index (χ3n) is 2.30. The topological polar surface area (TPSA) is 38.3 Å². The Labute approximate surface area is 83.1 Å². The summed E-state index contributed by atoms with van der Waals surface area (Å²) in [7, 11) is 0. The van der Waals surface area contributed by atoms with Crippen molar-refractivity contribution in [1.29, 1.82) is 0 Å². The summed E-state index contributed by atoms with van der Waals surface area (Å²) in [5.41, 5.74) is 1.95. The van der Waals surface area contributed by atoms with Crippen molar-refractivity contribution in [3.8, 4) is 5.75 Å². The molecule has 1 heterocycles. The maximum absolute atomic E-state index is 11.2. The molecule has 0 fully saturated rings. The fraction of sp³-hybridized carbons (Fsp3) is 0.364. The Bertz CT molecular complexity index is 372. The van der Waals surface area contributed by atoms with Crippen LogP contribution in [-0.4, -0.2) is 12.5 Å². The second-order valence-electron chi connectivity index (χ2n) is 3.71. The summed E-state index contributed by atoms with van der Waals surface area (Å²) in [4.78, 5) is 11.2. The number of ether oxygens (including phenoxy) is 1. The van der Waals surface area contributed by atoms with E-state index >= 15 is 0 Å². The van der Waals surface area contributed by atoms with Gasteiger partial charge < -0.3 is 10.1 Å². The Morgan fingerprint density at radius 1 is 1.43 bits per heavy atom. The number of fused-ring (bicyclic) bond motifs is 1. The van der Waals surface area contributed by atoms with E-state index in [9.17, 15) is 4.79 Å². The lowest BCUT2D eigenvalue weighted by Gasteiger charge is -2.22. The van der Waals surface area contributed by atoms with E-state index in [2.05, 4.69) is 19.2 Å². The lowest BCUT2D eigenvalue weighted by atomic mass is 10.00. The van der Waals surface area contributed by atoms with E-state index in [0.29, 0.717) is 5.92 Å². The van der Waals surface area contributed by atoms with E-state index in [1.807, 2.05) is 18.2 Å². The first-order chi connectivity index (χ1) is 6.68. The molecule has 3 nitrogen and oxygen atoms in total. The average molecular weight is 191 g/mol. The van der Waals surface area contributed by atoms with Crippen LogP contribution in [0.25, 0.3) is 0 Å². The van der Waals surface area contributed by atoms with Crippen molar-refractivity contribution in [1.82, 2.24) is 0 Å². The number of benzene rings is 1. The lowest BCUT2D eigenvalue weighted by molar-refractivity contribution is -0.118. The van der Waals surface area contributed by atoms with Gasteiger partial charge in [0.1, 0.15) is 5.75 Å². The molecule has 1 aromatic rings. The van der Waals surface area contributed by atoms with Gasteiger partial charge in [0.25, 0.3) is 5.91 Å². The van der Waals surface area contributed by atoms with Gasteiger partial charge in [-0.2, -0.15) is 0 Å². The number of carbonyl (C=O) groups excluding carboxylic acids is 1. The molecule has 0 spiro atoms. The molecule has 3 heteroatoms. The van der Waals surface area contributed by atoms with Crippen LogP contribution >= 0.6 is 0 Å². The summed E-state index contributed by atoms with van der Waals surface area (Å²) in [6.07, 6.45) is 0. The largest absolute Gasteiger partial charge is 0.482 e. The Balaban J connectivity index is 2.48. The summed E-state index contributed by atoms with van der Waals surface area (Å²) < 4.78 is 5.31. The Hall–Kier alpha value is -1.51. The summed E-state index contributed by atoms with van der Waals surface area (Å²) in [5.74, 6) is 1.08. The molecular formula is C11H13NO2. The van der Waals surface area contributed by atoms with Crippen molar-refractivity contribution < 1.29 is 9.53 Å². The zero-order chi connectivity index (χ0) is 10.1. The summed E-state index contributed by atoms with van der Waals surface area (Å²) in [6, 6.07) is 5.84. The van der Waals surface area contributed by atoms with E-state index in [4.69, 9.17) is 4.74 Å². The number of amides is 1. The van der Waals surface area contributed by atoms with Gasteiger partial charge >= 0.3 is 0 Å². The van der Waals surface area contributed by atoms with E-state index in [1.165, 1.54) is 0 Å². The van der Waals surface area contributed by atoms with Crippen LogP contribution in [0.5, 0.6) is 5.75 Å². The number of hydrogen-bond donors (Lipinski definition) is 1. The van der Waals surface area contributed by atoms with Crippen molar-refractivity contribution in [2.24, 2.45) is 0 Å². The fourth-order valence-corrected chi connectivity index (χ4v) is 1.60. The van der Waals surface area contributed by atoms with Gasteiger partial charge in [0, 0.05) is 0 Å². The SMILES string of the molecule is CC(C)c1cccc2c1NC(=O)CO2. The molecule has 0 atom stereocenters. The first-order valence-electron chi connectivity index (χ1n) is 4.74. The predicted octanol–water partition coefficient (Wildman–Crippen LogP) is 2.14. The Morgan fingerprint density at radius 3 is 2.93 bits per heavy atom. The van der Waals surface area contributed by atoms with E-state index < -0.39 is 0 Å². The summed E-state index contributed by atoms with van der Waals surface area (Å²) in [6.45, 7) is 4.31. The quantitative estimate of drug-likeness (QED) is 0.738. The van der Waals surface area contributed by atoms with Crippen molar-refractivity contribution in [3.05, 3.63) is 23.8 Å². The number of hydrogen-bond acceptors (Lipinski definition) is 2. The number of anilines is 1. The molecule has 2 rings (SSSR count). The van der Waals surface area contributed by atoms with Crippen LogP contribution in [0.15, 0.2) is 18.2 Å². The van der Waals surface area contributed by atoms with E-state index in [-0.39, 0.29) is 12.5 Å². The standard InChI is InChI=1S/C11H13NO2/c1-7(2)8-4-3-5-9-11(8)12-10(13)6-14-9/h3-5,7H,6H2,1-2H3,(H,12,13).